The Morgan fingerprint density at radius 2 is 1.64 bits per heavy atom. The van der Waals surface area contributed by atoms with E-state index in [4.69, 9.17) is 11.6 Å². The Kier molecular flexibility index (Phi) is 5.98. The minimum atomic E-state index is -0.341. The second-order valence-electron chi connectivity index (χ2n) is 4.72. The Hall–Kier alpha value is -2.33. The summed E-state index contributed by atoms with van der Waals surface area (Å²) < 4.78 is 0. The molecule has 0 aromatic heterocycles. The molecule has 22 heavy (non-hydrogen) atoms. The largest absolute Gasteiger partial charge is 0.352 e. The first-order valence-electron chi connectivity index (χ1n) is 6.97. The molecule has 2 amide bonds. The zero-order chi connectivity index (χ0) is 15.8. The number of benzene rings is 2. The van der Waals surface area contributed by atoms with Crippen LogP contribution in [0, 0.1) is 0 Å². The maximum Gasteiger partial charge on any atom is 0.253 e. The summed E-state index contributed by atoms with van der Waals surface area (Å²) in [5, 5.41) is 5.47. The van der Waals surface area contributed by atoms with Gasteiger partial charge >= 0.3 is 0 Å². The van der Waals surface area contributed by atoms with Crippen LogP contribution in [0.25, 0.3) is 0 Å². The third-order valence-corrected chi connectivity index (χ3v) is 3.35. The first-order valence-corrected chi connectivity index (χ1v) is 7.51. The van der Waals surface area contributed by atoms with Crippen molar-refractivity contribution in [3.8, 4) is 0 Å². The van der Waals surface area contributed by atoms with Gasteiger partial charge in [0.05, 0.1) is 11.3 Å². The molecule has 0 heterocycles. The normalized spacial score (nSPS) is 10.0. The summed E-state index contributed by atoms with van der Waals surface area (Å²) in [6.45, 7) is 0.528. The molecule has 0 radical (unpaired) electrons. The number of carbonyl (C=O) groups excluding carboxylic acids is 2. The van der Waals surface area contributed by atoms with Crippen molar-refractivity contribution in [1.29, 1.82) is 0 Å². The lowest BCUT2D eigenvalue weighted by Crippen LogP contribution is -2.27. The maximum absolute atomic E-state index is 12.2. The van der Waals surface area contributed by atoms with Crippen molar-refractivity contribution in [2.45, 2.75) is 6.42 Å². The SMILES string of the molecule is O=C(CCl)Nc1ccccc1C(=O)NCCc1ccccc1. The van der Waals surface area contributed by atoms with Crippen molar-refractivity contribution in [2.75, 3.05) is 17.7 Å². The molecule has 2 aromatic carbocycles. The minimum Gasteiger partial charge on any atom is -0.352 e. The number of amides is 2. The van der Waals surface area contributed by atoms with Crippen LogP contribution in [-0.2, 0) is 11.2 Å². The van der Waals surface area contributed by atoms with Crippen LogP contribution in [0.3, 0.4) is 0 Å². The highest BCUT2D eigenvalue weighted by Crippen LogP contribution is 2.15. The Labute approximate surface area is 134 Å². The van der Waals surface area contributed by atoms with Gasteiger partial charge in [-0.05, 0) is 24.1 Å². The summed E-state index contributed by atoms with van der Waals surface area (Å²) in [7, 11) is 0. The van der Waals surface area contributed by atoms with Crippen LogP contribution in [0.1, 0.15) is 15.9 Å². The molecule has 0 saturated carbocycles. The number of carbonyl (C=O) groups is 2. The Bertz CT molecular complexity index is 644. The molecule has 0 aliphatic rings. The molecule has 0 spiro atoms. The number of para-hydroxylation sites is 1. The summed E-state index contributed by atoms with van der Waals surface area (Å²) in [6.07, 6.45) is 0.753. The van der Waals surface area contributed by atoms with Crippen LogP contribution in [0.15, 0.2) is 54.6 Å². The van der Waals surface area contributed by atoms with Crippen LogP contribution < -0.4 is 10.6 Å². The van der Waals surface area contributed by atoms with Gasteiger partial charge in [-0.25, -0.2) is 0 Å². The predicted octanol–water partition coefficient (Wildman–Crippen LogP) is 2.84. The van der Waals surface area contributed by atoms with Crippen LogP contribution >= 0.6 is 11.6 Å². The molecule has 4 nitrogen and oxygen atoms in total. The molecule has 0 unspecified atom stereocenters. The number of halogens is 1. The Balaban J connectivity index is 1.96. The first-order chi connectivity index (χ1) is 10.7. The van der Waals surface area contributed by atoms with E-state index in [9.17, 15) is 9.59 Å². The molecule has 0 atom stereocenters. The van der Waals surface area contributed by atoms with Crippen LogP contribution in [0.5, 0.6) is 0 Å². The van der Waals surface area contributed by atoms with Gasteiger partial charge in [-0.2, -0.15) is 0 Å². The summed E-state index contributed by atoms with van der Waals surface area (Å²) >= 11 is 5.47. The minimum absolute atomic E-state index is 0.149. The smallest absolute Gasteiger partial charge is 0.253 e. The van der Waals surface area contributed by atoms with Crippen molar-refractivity contribution in [2.24, 2.45) is 0 Å². The zero-order valence-electron chi connectivity index (χ0n) is 12.0. The summed E-state index contributed by atoms with van der Waals surface area (Å²) in [6, 6.07) is 16.8. The molecular formula is C17H17ClN2O2. The number of rotatable bonds is 6. The summed E-state index contributed by atoms with van der Waals surface area (Å²) in [5.74, 6) is -0.711. The van der Waals surface area contributed by atoms with Gasteiger partial charge in [0.1, 0.15) is 5.88 Å². The summed E-state index contributed by atoms with van der Waals surface area (Å²) in [4.78, 5) is 23.6. The number of hydrogen-bond donors (Lipinski definition) is 2. The van der Waals surface area contributed by atoms with Crippen LogP contribution in [-0.4, -0.2) is 24.2 Å². The highest BCUT2D eigenvalue weighted by atomic mass is 35.5. The van der Waals surface area contributed by atoms with Gasteiger partial charge in [-0.1, -0.05) is 42.5 Å². The van der Waals surface area contributed by atoms with E-state index >= 15 is 0 Å². The highest BCUT2D eigenvalue weighted by molar-refractivity contribution is 6.29. The number of nitrogens with one attached hydrogen (secondary N) is 2. The first kappa shape index (κ1) is 16.0. The fourth-order valence-electron chi connectivity index (χ4n) is 2.03. The van der Waals surface area contributed by atoms with E-state index in [1.807, 2.05) is 30.3 Å². The number of hydrogen-bond acceptors (Lipinski definition) is 2. The van der Waals surface area contributed by atoms with E-state index in [1.54, 1.807) is 24.3 Å². The van der Waals surface area contributed by atoms with Gasteiger partial charge in [-0.3, -0.25) is 9.59 Å². The molecule has 114 valence electrons. The van der Waals surface area contributed by atoms with Gasteiger partial charge in [0.25, 0.3) is 5.91 Å². The van der Waals surface area contributed by atoms with E-state index in [1.165, 1.54) is 0 Å². The highest BCUT2D eigenvalue weighted by Gasteiger charge is 2.12. The Morgan fingerprint density at radius 1 is 0.955 bits per heavy atom. The molecule has 2 N–H and O–H groups in total. The van der Waals surface area contributed by atoms with Gasteiger partial charge in [-0.15, -0.1) is 11.6 Å². The third kappa shape index (κ3) is 4.60. The molecule has 2 rings (SSSR count). The number of anilines is 1. The quantitative estimate of drug-likeness (QED) is 0.805. The second kappa shape index (κ2) is 8.20. The van der Waals surface area contributed by atoms with Gasteiger partial charge in [0.2, 0.25) is 5.91 Å². The van der Waals surface area contributed by atoms with E-state index < -0.39 is 0 Å². The Morgan fingerprint density at radius 3 is 2.36 bits per heavy atom. The monoisotopic (exact) mass is 316 g/mol. The molecule has 0 saturated heterocycles. The fraction of sp³-hybridized carbons (Fsp3) is 0.176. The third-order valence-electron chi connectivity index (χ3n) is 3.11. The molecule has 0 fully saturated rings. The molecule has 2 aromatic rings. The molecular weight excluding hydrogens is 300 g/mol. The second-order valence-corrected chi connectivity index (χ2v) is 4.99. The van der Waals surface area contributed by atoms with Crippen molar-refractivity contribution < 1.29 is 9.59 Å². The van der Waals surface area contributed by atoms with Crippen LogP contribution in [0.4, 0.5) is 5.69 Å². The van der Waals surface area contributed by atoms with Crippen molar-refractivity contribution >= 4 is 29.1 Å². The van der Waals surface area contributed by atoms with E-state index in [-0.39, 0.29) is 17.7 Å². The van der Waals surface area contributed by atoms with Crippen molar-refractivity contribution in [1.82, 2.24) is 5.32 Å². The average molecular weight is 317 g/mol. The van der Waals surface area contributed by atoms with Gasteiger partial charge < -0.3 is 10.6 Å². The lowest BCUT2D eigenvalue weighted by Gasteiger charge is -2.10. The van der Waals surface area contributed by atoms with E-state index in [2.05, 4.69) is 10.6 Å². The lowest BCUT2D eigenvalue weighted by atomic mass is 10.1. The summed E-state index contributed by atoms with van der Waals surface area (Å²) in [5.41, 5.74) is 2.05. The van der Waals surface area contributed by atoms with E-state index in [0.717, 1.165) is 12.0 Å². The maximum atomic E-state index is 12.2. The topological polar surface area (TPSA) is 58.2 Å². The molecule has 0 bridgehead atoms. The van der Waals surface area contributed by atoms with Gasteiger partial charge in [0, 0.05) is 6.54 Å². The predicted molar refractivity (Wildman–Crippen MR) is 88.3 cm³/mol. The molecule has 0 aliphatic heterocycles. The van der Waals surface area contributed by atoms with Crippen molar-refractivity contribution in [3.63, 3.8) is 0 Å². The molecule has 5 heteroatoms. The lowest BCUT2D eigenvalue weighted by molar-refractivity contribution is -0.113. The standard InChI is InChI=1S/C17H17ClN2O2/c18-12-16(21)20-15-9-5-4-8-14(15)17(22)19-11-10-13-6-2-1-3-7-13/h1-9H,10-12H2,(H,19,22)(H,20,21). The van der Waals surface area contributed by atoms with Crippen molar-refractivity contribution in [3.05, 3.63) is 65.7 Å². The fourth-order valence-corrected chi connectivity index (χ4v) is 2.10. The average Bonchev–Trinajstić information content (AvgIpc) is 2.56. The van der Waals surface area contributed by atoms with Crippen LogP contribution in [0.2, 0.25) is 0 Å². The van der Waals surface area contributed by atoms with E-state index in [0.29, 0.717) is 17.8 Å². The molecule has 0 aliphatic carbocycles. The zero-order valence-corrected chi connectivity index (χ0v) is 12.8. The van der Waals surface area contributed by atoms with Gasteiger partial charge in [0.15, 0.2) is 0 Å². The number of alkyl halides is 1.